The van der Waals surface area contributed by atoms with Crippen molar-refractivity contribution in [3.8, 4) is 0 Å². The molecule has 3 atom stereocenters. The van der Waals surface area contributed by atoms with E-state index in [0.717, 1.165) is 75.8 Å². The van der Waals surface area contributed by atoms with Crippen molar-refractivity contribution in [1.82, 2.24) is 20.5 Å². The highest BCUT2D eigenvalue weighted by Gasteiger charge is 2.39. The maximum Gasteiger partial charge on any atom is 0.245 e. The fraction of sp³-hybridized carbons (Fsp3) is 0.567. The molecule has 1 aliphatic carbocycles. The van der Waals surface area contributed by atoms with Gasteiger partial charge in [0.2, 0.25) is 11.8 Å². The van der Waals surface area contributed by atoms with Crippen LogP contribution < -0.4 is 15.5 Å². The maximum atomic E-state index is 14.1. The van der Waals surface area contributed by atoms with Crippen molar-refractivity contribution in [2.75, 3.05) is 25.0 Å². The smallest absolute Gasteiger partial charge is 0.245 e. The lowest BCUT2D eigenvalue weighted by Gasteiger charge is -2.36. The number of amides is 2. The molecule has 0 unspecified atom stereocenters. The second-order valence-corrected chi connectivity index (χ2v) is 10.9. The first kappa shape index (κ1) is 25.7. The van der Waals surface area contributed by atoms with Crippen molar-refractivity contribution in [2.24, 2.45) is 5.92 Å². The molecule has 1 aromatic carbocycles. The number of pyridine rings is 1. The van der Waals surface area contributed by atoms with Crippen LogP contribution in [-0.4, -0.2) is 53.9 Å². The highest BCUT2D eigenvalue weighted by atomic mass is 16.2. The zero-order valence-corrected chi connectivity index (χ0v) is 22.3. The number of aromatic nitrogens is 1. The number of carbonyl (C=O) groups excluding carboxylic acids is 2. The van der Waals surface area contributed by atoms with Gasteiger partial charge in [-0.2, -0.15) is 0 Å². The number of benzene rings is 1. The number of fused-ring (bicyclic) bond motifs is 1. The van der Waals surface area contributed by atoms with E-state index < -0.39 is 6.04 Å². The van der Waals surface area contributed by atoms with E-state index in [-0.39, 0.29) is 29.8 Å². The lowest BCUT2D eigenvalue weighted by atomic mass is 9.83. The number of hydrogen-bond donors (Lipinski definition) is 2. The van der Waals surface area contributed by atoms with E-state index in [4.69, 9.17) is 4.98 Å². The molecule has 3 aliphatic rings. The molecule has 1 saturated heterocycles. The van der Waals surface area contributed by atoms with Crippen molar-refractivity contribution >= 4 is 23.3 Å². The van der Waals surface area contributed by atoms with Gasteiger partial charge in [-0.1, -0.05) is 37.5 Å². The lowest BCUT2D eigenvalue weighted by Crippen LogP contribution is -2.55. The Kier molecular flexibility index (Phi) is 8.08. The van der Waals surface area contributed by atoms with Gasteiger partial charge >= 0.3 is 0 Å². The van der Waals surface area contributed by atoms with Crippen LogP contribution in [0, 0.1) is 5.92 Å². The first-order valence-electron chi connectivity index (χ1n) is 14.2. The molecule has 2 N–H and O–H groups in total. The fourth-order valence-electron chi connectivity index (χ4n) is 6.37. The largest absolute Gasteiger partial charge is 0.343 e. The van der Waals surface area contributed by atoms with Crippen LogP contribution in [0.15, 0.2) is 42.6 Å². The molecule has 5 rings (SSSR count). The topological polar surface area (TPSA) is 77.6 Å². The van der Waals surface area contributed by atoms with Gasteiger partial charge in [0.25, 0.3) is 0 Å². The molecule has 1 aromatic heterocycles. The fourth-order valence-corrected chi connectivity index (χ4v) is 6.37. The standard InChI is InChI=1S/C30H41N5O2/c1-21(31-2)29(36)33-28(23-11-4-3-5-12-23)30(37)35-19-9-15-26(35)24-16-17-32-27(20-24)34-18-8-13-22-10-6-7-14-25(22)34/h6-7,10,14,16-17,20-21,23,26,28,31H,3-5,8-9,11-13,15,18-19H2,1-2H3,(H,33,36)/t21-,26-,28-/m0/s1. The molecule has 2 amide bonds. The SMILES string of the molecule is CN[C@@H](C)C(=O)N[C@H](C(=O)N1CCC[C@H]1c1ccnc(N2CCCc3ccccc32)c1)C1CCCCC1. The molecule has 2 aliphatic heterocycles. The average molecular weight is 504 g/mol. The first-order valence-corrected chi connectivity index (χ1v) is 14.2. The molecule has 198 valence electrons. The van der Waals surface area contributed by atoms with E-state index in [1.807, 2.05) is 18.0 Å². The van der Waals surface area contributed by atoms with Gasteiger partial charge in [0.1, 0.15) is 11.9 Å². The minimum atomic E-state index is -0.459. The molecule has 0 bridgehead atoms. The summed E-state index contributed by atoms with van der Waals surface area (Å²) in [7, 11) is 1.78. The summed E-state index contributed by atoms with van der Waals surface area (Å²) in [4.78, 5) is 36.0. The van der Waals surface area contributed by atoms with Crippen molar-refractivity contribution < 1.29 is 9.59 Å². The number of carbonyl (C=O) groups is 2. The summed E-state index contributed by atoms with van der Waals surface area (Å²) in [5.41, 5.74) is 3.73. The second-order valence-electron chi connectivity index (χ2n) is 10.9. The Morgan fingerprint density at radius 2 is 1.81 bits per heavy atom. The van der Waals surface area contributed by atoms with E-state index >= 15 is 0 Å². The summed E-state index contributed by atoms with van der Waals surface area (Å²) in [6.45, 7) is 3.52. The minimum Gasteiger partial charge on any atom is -0.343 e. The van der Waals surface area contributed by atoms with Gasteiger partial charge in [0.05, 0.1) is 12.1 Å². The summed E-state index contributed by atoms with van der Waals surface area (Å²) in [6.07, 6.45) is 11.4. The first-order chi connectivity index (χ1) is 18.1. The molecular formula is C30H41N5O2. The van der Waals surface area contributed by atoms with Crippen LogP contribution in [0.3, 0.4) is 0 Å². The van der Waals surface area contributed by atoms with Gasteiger partial charge in [-0.15, -0.1) is 0 Å². The third-order valence-corrected chi connectivity index (χ3v) is 8.59. The molecule has 37 heavy (non-hydrogen) atoms. The number of anilines is 2. The van der Waals surface area contributed by atoms with Crippen LogP contribution in [0.4, 0.5) is 11.5 Å². The monoisotopic (exact) mass is 503 g/mol. The zero-order chi connectivity index (χ0) is 25.8. The van der Waals surface area contributed by atoms with Gasteiger partial charge in [-0.3, -0.25) is 9.59 Å². The quantitative estimate of drug-likeness (QED) is 0.582. The van der Waals surface area contributed by atoms with Crippen LogP contribution in [0.5, 0.6) is 0 Å². The van der Waals surface area contributed by atoms with Crippen molar-refractivity contribution in [1.29, 1.82) is 0 Å². The van der Waals surface area contributed by atoms with Crippen molar-refractivity contribution in [3.05, 3.63) is 53.7 Å². The summed E-state index contributed by atoms with van der Waals surface area (Å²) < 4.78 is 0. The third-order valence-electron chi connectivity index (χ3n) is 8.59. The summed E-state index contributed by atoms with van der Waals surface area (Å²) in [6, 6.07) is 12.0. The van der Waals surface area contributed by atoms with E-state index in [9.17, 15) is 9.59 Å². The van der Waals surface area contributed by atoms with Gasteiger partial charge in [0, 0.05) is 25.0 Å². The zero-order valence-electron chi connectivity index (χ0n) is 22.3. The van der Waals surface area contributed by atoms with E-state index in [1.165, 1.54) is 17.7 Å². The Bertz CT molecular complexity index is 1100. The summed E-state index contributed by atoms with van der Waals surface area (Å²) in [5, 5.41) is 6.16. The number of nitrogens with one attached hydrogen (secondary N) is 2. The maximum absolute atomic E-state index is 14.1. The second kappa shape index (κ2) is 11.6. The minimum absolute atomic E-state index is 0.0130. The molecular weight excluding hydrogens is 462 g/mol. The van der Waals surface area contributed by atoms with Crippen LogP contribution in [0.1, 0.15) is 75.5 Å². The van der Waals surface area contributed by atoms with Crippen LogP contribution in [0.25, 0.3) is 0 Å². The normalized spacial score (nSPS) is 21.8. The Hall–Kier alpha value is -2.93. The summed E-state index contributed by atoms with van der Waals surface area (Å²) in [5.74, 6) is 1.13. The molecule has 7 heteroatoms. The molecule has 7 nitrogen and oxygen atoms in total. The lowest BCUT2D eigenvalue weighted by molar-refractivity contribution is -0.139. The van der Waals surface area contributed by atoms with Gasteiger partial charge < -0.3 is 20.4 Å². The van der Waals surface area contributed by atoms with Crippen LogP contribution in [-0.2, 0) is 16.0 Å². The van der Waals surface area contributed by atoms with Crippen molar-refractivity contribution in [3.63, 3.8) is 0 Å². The Morgan fingerprint density at radius 1 is 1.00 bits per heavy atom. The van der Waals surface area contributed by atoms with E-state index in [1.54, 1.807) is 7.05 Å². The van der Waals surface area contributed by atoms with Gasteiger partial charge in [-0.05, 0) is 87.7 Å². The Balaban J connectivity index is 1.39. The molecule has 0 spiro atoms. The third kappa shape index (κ3) is 5.52. The van der Waals surface area contributed by atoms with Gasteiger partial charge in [0.15, 0.2) is 0 Å². The summed E-state index contributed by atoms with van der Waals surface area (Å²) >= 11 is 0. The van der Waals surface area contributed by atoms with E-state index in [0.29, 0.717) is 0 Å². The predicted octanol–water partition coefficient (Wildman–Crippen LogP) is 4.50. The average Bonchev–Trinajstić information content (AvgIpc) is 3.45. The highest BCUT2D eigenvalue weighted by Crippen LogP contribution is 2.38. The number of likely N-dealkylation sites (N-methyl/N-ethyl adjacent to an activating group) is 1. The Morgan fingerprint density at radius 3 is 2.62 bits per heavy atom. The number of likely N-dealkylation sites (tertiary alicyclic amines) is 1. The number of nitrogens with zero attached hydrogens (tertiary/aromatic N) is 3. The molecule has 2 aromatic rings. The number of para-hydroxylation sites is 1. The molecule has 2 fully saturated rings. The molecule has 0 radical (unpaired) electrons. The number of hydrogen-bond acceptors (Lipinski definition) is 5. The van der Waals surface area contributed by atoms with Crippen LogP contribution >= 0.6 is 0 Å². The number of rotatable bonds is 7. The Labute approximate surface area is 221 Å². The highest BCUT2D eigenvalue weighted by molar-refractivity contribution is 5.90. The predicted molar refractivity (Wildman–Crippen MR) is 147 cm³/mol. The van der Waals surface area contributed by atoms with Gasteiger partial charge in [-0.25, -0.2) is 4.98 Å². The molecule has 1 saturated carbocycles. The number of aryl methyl sites for hydroxylation is 1. The van der Waals surface area contributed by atoms with Crippen LogP contribution in [0.2, 0.25) is 0 Å². The molecule has 3 heterocycles. The van der Waals surface area contributed by atoms with E-state index in [2.05, 4.69) is 51.9 Å². The van der Waals surface area contributed by atoms with Crippen molar-refractivity contribution in [2.45, 2.75) is 82.8 Å².